The van der Waals surface area contributed by atoms with Gasteiger partial charge >= 0.3 is 5.97 Å². The van der Waals surface area contributed by atoms with E-state index in [1.807, 2.05) is 26.0 Å². The number of cyclic esters (lactones) is 1. The van der Waals surface area contributed by atoms with E-state index < -0.39 is 5.79 Å². The number of esters is 1. The van der Waals surface area contributed by atoms with Crippen molar-refractivity contribution in [1.82, 2.24) is 0 Å². The van der Waals surface area contributed by atoms with E-state index in [0.29, 0.717) is 19.3 Å². The van der Waals surface area contributed by atoms with Gasteiger partial charge in [0.05, 0.1) is 12.2 Å². The maximum Gasteiger partial charge on any atom is 0.306 e. The van der Waals surface area contributed by atoms with Gasteiger partial charge in [-0.2, -0.15) is 0 Å². The molecule has 6 nitrogen and oxygen atoms in total. The van der Waals surface area contributed by atoms with Gasteiger partial charge in [-0.3, -0.25) is 4.79 Å². The van der Waals surface area contributed by atoms with E-state index in [0.717, 1.165) is 19.3 Å². The molecular weight excluding hydrogens is 348 g/mol. The van der Waals surface area contributed by atoms with Crippen LogP contribution in [0.1, 0.15) is 72.1 Å². The Labute approximate surface area is 163 Å². The van der Waals surface area contributed by atoms with E-state index >= 15 is 0 Å². The second-order valence-corrected chi connectivity index (χ2v) is 7.83. The Morgan fingerprint density at radius 1 is 1.26 bits per heavy atom. The molecule has 2 heterocycles. The monoisotopic (exact) mass is 384 g/mol. The summed E-state index contributed by atoms with van der Waals surface area (Å²) in [5, 5.41) is 0. The minimum atomic E-state index is -0.625. The normalized spacial score (nSPS) is 30.4. The highest BCUT2D eigenvalue weighted by Crippen LogP contribution is 2.32. The summed E-state index contributed by atoms with van der Waals surface area (Å²) in [5.41, 5.74) is 0. The average Bonchev–Trinajstić information content (AvgIpc) is 2.92. The van der Waals surface area contributed by atoms with E-state index in [1.165, 1.54) is 12.8 Å². The Morgan fingerprint density at radius 2 is 2.07 bits per heavy atom. The fourth-order valence-electron chi connectivity index (χ4n) is 3.66. The Balaban J connectivity index is 2.02. The number of hydrogen-bond donors (Lipinski definition) is 0. The molecule has 1 fully saturated rings. The van der Waals surface area contributed by atoms with Crippen LogP contribution < -0.4 is 0 Å². The highest BCUT2D eigenvalue weighted by atomic mass is 16.7. The number of carbonyl (C=O) groups excluding carboxylic acids is 1. The summed E-state index contributed by atoms with van der Waals surface area (Å²) in [7, 11) is 1.60. The predicted molar refractivity (Wildman–Crippen MR) is 102 cm³/mol. The fourth-order valence-corrected chi connectivity index (χ4v) is 3.66. The minimum absolute atomic E-state index is 0.116. The smallest absolute Gasteiger partial charge is 0.306 e. The first-order valence-electron chi connectivity index (χ1n) is 10.3. The first-order valence-corrected chi connectivity index (χ1v) is 10.3. The Kier molecular flexibility index (Phi) is 9.22. The van der Waals surface area contributed by atoms with Crippen LogP contribution >= 0.6 is 0 Å². The molecule has 0 aromatic rings. The quantitative estimate of drug-likeness (QED) is 0.258. The molecule has 0 N–H and O–H groups in total. The molecule has 0 unspecified atom stereocenters. The van der Waals surface area contributed by atoms with Crippen LogP contribution in [0, 0.1) is 0 Å². The van der Waals surface area contributed by atoms with Crippen molar-refractivity contribution >= 4 is 5.97 Å². The summed E-state index contributed by atoms with van der Waals surface area (Å²) in [6.45, 7) is 6.20. The number of rotatable bonds is 9. The van der Waals surface area contributed by atoms with Crippen LogP contribution in [0.4, 0.5) is 0 Å². The lowest BCUT2D eigenvalue weighted by molar-refractivity contribution is -0.167. The summed E-state index contributed by atoms with van der Waals surface area (Å²) < 4.78 is 28.6. The third kappa shape index (κ3) is 7.53. The second kappa shape index (κ2) is 11.1. The van der Waals surface area contributed by atoms with Crippen LogP contribution in [0.25, 0.3) is 0 Å². The summed E-state index contributed by atoms with van der Waals surface area (Å²) in [6.07, 6.45) is 10.3. The average molecular weight is 385 g/mol. The second-order valence-electron chi connectivity index (χ2n) is 7.83. The van der Waals surface area contributed by atoms with Crippen LogP contribution in [0.3, 0.4) is 0 Å². The molecule has 2 aliphatic heterocycles. The third-order valence-electron chi connectivity index (χ3n) is 4.99. The summed E-state index contributed by atoms with van der Waals surface area (Å²) in [6, 6.07) is 0. The Hall–Kier alpha value is -0.950. The first kappa shape index (κ1) is 22.3. The molecular formula is C21H36O6. The minimum Gasteiger partial charge on any atom is -0.459 e. The van der Waals surface area contributed by atoms with E-state index in [-0.39, 0.29) is 37.2 Å². The number of unbranched alkanes of at least 4 members (excludes halogenated alkanes) is 3. The van der Waals surface area contributed by atoms with Gasteiger partial charge < -0.3 is 23.7 Å². The maximum absolute atomic E-state index is 12.4. The van der Waals surface area contributed by atoms with Crippen LogP contribution in [0.5, 0.6) is 0 Å². The maximum atomic E-state index is 12.4. The molecule has 0 radical (unpaired) electrons. The zero-order valence-corrected chi connectivity index (χ0v) is 17.3. The Morgan fingerprint density at radius 3 is 2.81 bits per heavy atom. The standard InChI is InChI=1S/C21H36O6/c1-5-6-7-8-10-16(24-15-23-4)17-11-9-12-18-19(13-14-20(22)25-17)27-21(2,3)26-18/h9,12,16-19H,5-8,10-11,13-15H2,1-4H3/b12-9-/t16-,17-,18+,19+/m0/s1. The van der Waals surface area contributed by atoms with Gasteiger partial charge in [-0.25, -0.2) is 0 Å². The number of fused-ring (bicyclic) bond motifs is 1. The number of hydrogen-bond acceptors (Lipinski definition) is 6. The lowest BCUT2D eigenvalue weighted by Crippen LogP contribution is -2.35. The topological polar surface area (TPSA) is 63.2 Å². The zero-order chi connectivity index (χ0) is 19.7. The summed E-state index contributed by atoms with van der Waals surface area (Å²) in [5.74, 6) is -0.831. The molecule has 1 saturated heterocycles. The van der Waals surface area contributed by atoms with E-state index in [9.17, 15) is 4.79 Å². The number of ether oxygens (including phenoxy) is 5. The molecule has 0 aliphatic carbocycles. The molecule has 2 aliphatic rings. The molecule has 27 heavy (non-hydrogen) atoms. The van der Waals surface area contributed by atoms with Crippen molar-refractivity contribution < 1.29 is 28.5 Å². The molecule has 0 aromatic carbocycles. The van der Waals surface area contributed by atoms with Crippen molar-refractivity contribution in [3.05, 3.63) is 12.2 Å². The van der Waals surface area contributed by atoms with Gasteiger partial charge in [-0.15, -0.1) is 0 Å². The van der Waals surface area contributed by atoms with Gasteiger partial charge in [0.1, 0.15) is 19.0 Å². The van der Waals surface area contributed by atoms with Gasteiger partial charge in [0, 0.05) is 20.0 Å². The van der Waals surface area contributed by atoms with Gasteiger partial charge in [-0.1, -0.05) is 44.8 Å². The fraction of sp³-hybridized carbons (Fsp3) is 0.857. The van der Waals surface area contributed by atoms with Gasteiger partial charge in [0.25, 0.3) is 0 Å². The molecule has 2 rings (SSSR count). The van der Waals surface area contributed by atoms with E-state index in [2.05, 4.69) is 6.92 Å². The molecule has 0 saturated carbocycles. The number of methoxy groups -OCH3 is 1. The Bertz CT molecular complexity index is 475. The predicted octanol–water partition coefficient (Wildman–Crippen LogP) is 4.12. The van der Waals surface area contributed by atoms with Crippen molar-refractivity contribution in [1.29, 1.82) is 0 Å². The van der Waals surface area contributed by atoms with Gasteiger partial charge in [0.2, 0.25) is 0 Å². The lowest BCUT2D eigenvalue weighted by atomic mass is 10.0. The zero-order valence-electron chi connectivity index (χ0n) is 17.3. The van der Waals surface area contributed by atoms with E-state index in [1.54, 1.807) is 7.11 Å². The van der Waals surface area contributed by atoms with Crippen molar-refractivity contribution in [3.63, 3.8) is 0 Å². The number of carbonyl (C=O) groups is 1. The third-order valence-corrected chi connectivity index (χ3v) is 4.99. The summed E-state index contributed by atoms with van der Waals surface area (Å²) in [4.78, 5) is 12.4. The molecule has 0 bridgehead atoms. The molecule has 156 valence electrons. The molecule has 0 aromatic heterocycles. The van der Waals surface area contributed by atoms with Crippen LogP contribution in [0.2, 0.25) is 0 Å². The van der Waals surface area contributed by atoms with Gasteiger partial charge in [-0.05, 0) is 26.7 Å². The first-order chi connectivity index (χ1) is 12.9. The van der Waals surface area contributed by atoms with Crippen molar-refractivity contribution in [3.8, 4) is 0 Å². The highest BCUT2D eigenvalue weighted by molar-refractivity contribution is 5.69. The van der Waals surface area contributed by atoms with Crippen molar-refractivity contribution in [2.75, 3.05) is 13.9 Å². The summed E-state index contributed by atoms with van der Waals surface area (Å²) >= 11 is 0. The largest absolute Gasteiger partial charge is 0.459 e. The van der Waals surface area contributed by atoms with Crippen LogP contribution in [-0.4, -0.2) is 50.1 Å². The molecule has 6 heteroatoms. The molecule has 0 spiro atoms. The van der Waals surface area contributed by atoms with Crippen LogP contribution in [-0.2, 0) is 28.5 Å². The van der Waals surface area contributed by atoms with Crippen molar-refractivity contribution in [2.45, 2.75) is 102 Å². The molecule has 4 atom stereocenters. The molecule has 0 amide bonds. The van der Waals surface area contributed by atoms with Crippen molar-refractivity contribution in [2.24, 2.45) is 0 Å². The highest BCUT2D eigenvalue weighted by Gasteiger charge is 2.40. The van der Waals surface area contributed by atoms with Gasteiger partial charge in [0.15, 0.2) is 5.79 Å². The lowest BCUT2D eigenvalue weighted by Gasteiger charge is -2.27. The SMILES string of the molecule is CCCCCC[C@H](OCOC)[C@@H]1C/C=C\[C@H]2OC(C)(C)O[C@@H]2CCC(=O)O1. The van der Waals surface area contributed by atoms with E-state index in [4.69, 9.17) is 23.7 Å². The van der Waals surface area contributed by atoms with Crippen LogP contribution in [0.15, 0.2) is 12.2 Å².